The lowest BCUT2D eigenvalue weighted by atomic mass is 10.00. The lowest BCUT2D eigenvalue weighted by Gasteiger charge is -2.20. The molecule has 0 bridgehead atoms. The van der Waals surface area contributed by atoms with Crippen LogP contribution in [-0.4, -0.2) is 12.9 Å². The highest BCUT2D eigenvalue weighted by Gasteiger charge is 2.15. The van der Waals surface area contributed by atoms with Gasteiger partial charge in [-0.1, -0.05) is 48.5 Å². The van der Waals surface area contributed by atoms with Gasteiger partial charge in [0.15, 0.2) is 17.3 Å². The van der Waals surface area contributed by atoms with Crippen molar-refractivity contribution in [2.45, 2.75) is 19.4 Å². The van der Waals surface area contributed by atoms with E-state index in [1.54, 1.807) is 31.4 Å². The summed E-state index contributed by atoms with van der Waals surface area (Å²) in [6.45, 7) is 0.411. The van der Waals surface area contributed by atoms with Crippen LogP contribution < -0.4 is 14.8 Å². The molecule has 3 aromatic rings. The first kappa shape index (κ1) is 18.8. The van der Waals surface area contributed by atoms with Crippen LogP contribution in [0.2, 0.25) is 0 Å². The molecular weight excluding hydrogens is 362 g/mol. The Bertz CT molecular complexity index is 1040. The molecular formula is C25H23NO3. The number of benzene rings is 3. The molecule has 1 N–H and O–H groups in total. The van der Waals surface area contributed by atoms with Crippen molar-refractivity contribution in [2.75, 3.05) is 12.4 Å². The topological polar surface area (TPSA) is 47.6 Å². The smallest absolute Gasteiger partial charge is 0.187 e. The molecule has 0 aliphatic carbocycles. The summed E-state index contributed by atoms with van der Waals surface area (Å²) in [4.78, 5) is 12.8. The molecule has 1 aliphatic heterocycles. The normalized spacial score (nSPS) is 14.0. The standard InChI is InChI=1S/C25H23NO3/c1-28-24-14-12-20(15-25(24)29-17-18-7-3-2-4-8-18)23(27)16-21-13-11-19-9-5-6-10-22(19)26-21/h2-10,12,14-16,26H,11,13,17H2,1H3/b21-16-. The third-order valence-electron chi connectivity index (χ3n) is 4.97. The molecule has 4 heteroatoms. The molecule has 146 valence electrons. The number of hydrogen-bond acceptors (Lipinski definition) is 4. The summed E-state index contributed by atoms with van der Waals surface area (Å²) in [7, 11) is 1.59. The Kier molecular flexibility index (Phi) is 5.61. The number of ether oxygens (including phenoxy) is 2. The van der Waals surface area contributed by atoms with Gasteiger partial charge in [-0.3, -0.25) is 4.79 Å². The lowest BCUT2D eigenvalue weighted by Crippen LogP contribution is -2.11. The van der Waals surface area contributed by atoms with Gasteiger partial charge in [0.05, 0.1) is 7.11 Å². The maximum absolute atomic E-state index is 12.8. The Labute approximate surface area is 170 Å². The van der Waals surface area contributed by atoms with Crippen LogP contribution in [0.5, 0.6) is 11.5 Å². The van der Waals surface area contributed by atoms with Gasteiger partial charge >= 0.3 is 0 Å². The van der Waals surface area contributed by atoms with Crippen LogP contribution in [0.25, 0.3) is 0 Å². The zero-order chi connectivity index (χ0) is 20.1. The van der Waals surface area contributed by atoms with Crippen LogP contribution in [-0.2, 0) is 13.0 Å². The molecule has 0 radical (unpaired) electrons. The summed E-state index contributed by atoms with van der Waals surface area (Å²) in [5.41, 5.74) is 4.90. The fourth-order valence-electron chi connectivity index (χ4n) is 3.39. The summed E-state index contributed by atoms with van der Waals surface area (Å²) < 4.78 is 11.3. The van der Waals surface area contributed by atoms with E-state index in [0.717, 1.165) is 29.8 Å². The molecule has 0 aromatic heterocycles. The monoisotopic (exact) mass is 385 g/mol. The number of methoxy groups -OCH3 is 1. The van der Waals surface area contributed by atoms with E-state index in [2.05, 4.69) is 11.4 Å². The highest BCUT2D eigenvalue weighted by atomic mass is 16.5. The van der Waals surface area contributed by atoms with Crippen LogP contribution >= 0.6 is 0 Å². The average Bonchev–Trinajstić information content (AvgIpc) is 2.78. The minimum Gasteiger partial charge on any atom is -0.493 e. The number of anilines is 1. The SMILES string of the molecule is COc1ccc(C(=O)/C=C2/CCc3ccccc3N2)cc1OCc1ccccc1. The first-order valence-corrected chi connectivity index (χ1v) is 9.67. The Morgan fingerprint density at radius 1 is 0.966 bits per heavy atom. The zero-order valence-electron chi connectivity index (χ0n) is 16.4. The second kappa shape index (κ2) is 8.65. The fourth-order valence-corrected chi connectivity index (χ4v) is 3.39. The van der Waals surface area contributed by atoms with E-state index in [1.807, 2.05) is 48.5 Å². The second-order valence-corrected chi connectivity index (χ2v) is 6.96. The minimum atomic E-state index is -0.0564. The predicted octanol–water partition coefficient (Wildman–Crippen LogP) is 5.40. The van der Waals surface area contributed by atoms with E-state index in [1.165, 1.54) is 5.56 Å². The molecule has 0 spiro atoms. The number of carbonyl (C=O) groups excluding carboxylic acids is 1. The third kappa shape index (κ3) is 4.49. The Hall–Kier alpha value is -3.53. The fraction of sp³-hybridized carbons (Fsp3) is 0.160. The Morgan fingerprint density at radius 3 is 2.59 bits per heavy atom. The molecule has 0 saturated carbocycles. The molecule has 0 atom stereocenters. The summed E-state index contributed by atoms with van der Waals surface area (Å²) in [5.74, 6) is 1.11. The van der Waals surface area contributed by atoms with Gasteiger partial charge in [-0.05, 0) is 48.2 Å². The highest BCUT2D eigenvalue weighted by molar-refractivity contribution is 6.05. The van der Waals surface area contributed by atoms with E-state index < -0.39 is 0 Å². The number of aryl methyl sites for hydroxylation is 1. The number of ketones is 1. The summed E-state index contributed by atoms with van der Waals surface area (Å²) in [5, 5.41) is 3.37. The zero-order valence-corrected chi connectivity index (χ0v) is 16.4. The number of allylic oxidation sites excluding steroid dienone is 2. The summed E-state index contributed by atoms with van der Waals surface area (Å²) in [6, 6.07) is 23.4. The van der Waals surface area contributed by atoms with Crippen molar-refractivity contribution < 1.29 is 14.3 Å². The number of fused-ring (bicyclic) bond motifs is 1. The molecule has 0 unspecified atom stereocenters. The van der Waals surface area contributed by atoms with Gasteiger partial charge < -0.3 is 14.8 Å². The number of nitrogens with one attached hydrogen (secondary N) is 1. The summed E-state index contributed by atoms with van der Waals surface area (Å²) >= 11 is 0. The summed E-state index contributed by atoms with van der Waals surface area (Å²) in [6.07, 6.45) is 3.42. The van der Waals surface area contributed by atoms with E-state index in [4.69, 9.17) is 9.47 Å². The van der Waals surface area contributed by atoms with Crippen LogP contribution in [0.4, 0.5) is 5.69 Å². The molecule has 0 amide bonds. The van der Waals surface area contributed by atoms with Crippen molar-refractivity contribution in [3.05, 3.63) is 101 Å². The quantitative estimate of drug-likeness (QED) is 0.456. The van der Waals surface area contributed by atoms with Crippen molar-refractivity contribution in [3.8, 4) is 11.5 Å². The maximum Gasteiger partial charge on any atom is 0.187 e. The average molecular weight is 385 g/mol. The van der Waals surface area contributed by atoms with Gasteiger partial charge in [0.1, 0.15) is 6.61 Å². The first-order chi connectivity index (χ1) is 14.2. The molecule has 3 aromatic carbocycles. The number of rotatable bonds is 6. The largest absolute Gasteiger partial charge is 0.493 e. The van der Waals surface area contributed by atoms with Gasteiger partial charge in [-0.15, -0.1) is 0 Å². The first-order valence-electron chi connectivity index (χ1n) is 9.67. The van der Waals surface area contributed by atoms with Gasteiger partial charge in [0.25, 0.3) is 0 Å². The molecule has 4 rings (SSSR count). The van der Waals surface area contributed by atoms with Crippen molar-refractivity contribution in [3.63, 3.8) is 0 Å². The van der Waals surface area contributed by atoms with E-state index in [0.29, 0.717) is 23.7 Å². The Balaban J connectivity index is 1.51. The number of carbonyl (C=O) groups is 1. The third-order valence-corrected chi connectivity index (χ3v) is 4.97. The van der Waals surface area contributed by atoms with Crippen molar-refractivity contribution in [1.82, 2.24) is 0 Å². The number of para-hydroxylation sites is 1. The second-order valence-electron chi connectivity index (χ2n) is 6.96. The van der Waals surface area contributed by atoms with Crippen LogP contribution in [0, 0.1) is 0 Å². The van der Waals surface area contributed by atoms with Gasteiger partial charge in [-0.2, -0.15) is 0 Å². The van der Waals surface area contributed by atoms with E-state index in [9.17, 15) is 4.79 Å². The van der Waals surface area contributed by atoms with Crippen LogP contribution in [0.15, 0.2) is 84.6 Å². The van der Waals surface area contributed by atoms with E-state index in [-0.39, 0.29) is 5.78 Å². The van der Waals surface area contributed by atoms with E-state index >= 15 is 0 Å². The molecule has 4 nitrogen and oxygen atoms in total. The minimum absolute atomic E-state index is 0.0564. The predicted molar refractivity (Wildman–Crippen MR) is 115 cm³/mol. The lowest BCUT2D eigenvalue weighted by molar-refractivity contribution is 0.104. The van der Waals surface area contributed by atoms with Crippen molar-refractivity contribution in [2.24, 2.45) is 0 Å². The van der Waals surface area contributed by atoms with Crippen LogP contribution in [0.1, 0.15) is 27.9 Å². The van der Waals surface area contributed by atoms with Gasteiger partial charge in [-0.25, -0.2) is 0 Å². The molecule has 0 fully saturated rings. The number of hydrogen-bond donors (Lipinski definition) is 1. The molecule has 0 saturated heterocycles. The van der Waals surface area contributed by atoms with Crippen molar-refractivity contribution in [1.29, 1.82) is 0 Å². The molecule has 1 heterocycles. The van der Waals surface area contributed by atoms with Gasteiger partial charge in [0.2, 0.25) is 0 Å². The molecule has 29 heavy (non-hydrogen) atoms. The Morgan fingerprint density at radius 2 is 1.76 bits per heavy atom. The van der Waals surface area contributed by atoms with Gasteiger partial charge in [0, 0.05) is 23.0 Å². The van der Waals surface area contributed by atoms with Crippen molar-refractivity contribution >= 4 is 11.5 Å². The molecule has 1 aliphatic rings. The van der Waals surface area contributed by atoms with Crippen LogP contribution in [0.3, 0.4) is 0 Å². The maximum atomic E-state index is 12.8. The highest BCUT2D eigenvalue weighted by Crippen LogP contribution is 2.30.